The predicted molar refractivity (Wildman–Crippen MR) is 504 cm³/mol. The molecule has 0 spiro atoms. The molecule has 0 bridgehead atoms. The third-order valence-corrected chi connectivity index (χ3v) is 24.8. The number of hydrogen-bond acceptors (Lipinski definition) is 21. The summed E-state index contributed by atoms with van der Waals surface area (Å²) in [5.41, 5.74) is 14.2. The number of carbonyl (C=O) groups excluding carboxylic acids is 17. The molecule has 41 heteroatoms. The van der Waals surface area contributed by atoms with E-state index in [0.717, 1.165) is 21.6 Å². The smallest absolute Gasteiger partial charge is 0.246 e. The minimum atomic E-state index is -1.88. The van der Waals surface area contributed by atoms with Gasteiger partial charge in [-0.3, -0.25) is 86.9 Å². The van der Waals surface area contributed by atoms with Gasteiger partial charge >= 0.3 is 0 Å². The van der Waals surface area contributed by atoms with E-state index in [1.54, 1.807) is 135 Å². The molecule has 4 heterocycles. The van der Waals surface area contributed by atoms with Crippen LogP contribution < -0.4 is 70.0 Å². The fourth-order valence-electron chi connectivity index (χ4n) is 16.3. The first-order chi connectivity index (χ1) is 64.4. The summed E-state index contributed by atoms with van der Waals surface area (Å²) in [6.07, 6.45) is 4.90. The van der Waals surface area contributed by atoms with Crippen molar-refractivity contribution < 1.29 is 86.6 Å². The molecule has 2 aromatic heterocycles. The number of aliphatic hydroxyl groups excluding tert-OH is 1. The van der Waals surface area contributed by atoms with Crippen LogP contribution in [0.2, 0.25) is 0 Å². The van der Waals surface area contributed by atoms with E-state index < -0.39 is 228 Å². The van der Waals surface area contributed by atoms with E-state index in [1.807, 2.05) is 13.8 Å². The van der Waals surface area contributed by atoms with Crippen molar-refractivity contribution in [1.29, 1.82) is 5.41 Å². The lowest BCUT2D eigenvalue weighted by Gasteiger charge is -2.38. The van der Waals surface area contributed by atoms with Crippen molar-refractivity contribution in [1.82, 2.24) is 97.9 Å². The van der Waals surface area contributed by atoms with Gasteiger partial charge in [0.05, 0.1) is 31.8 Å². The molecular weight excluding hydrogens is 1760 g/mol. The van der Waals surface area contributed by atoms with Gasteiger partial charge in [-0.05, 0) is 93.0 Å². The van der Waals surface area contributed by atoms with Crippen LogP contribution in [0, 0.1) is 11.3 Å². The number of nitrogens with one attached hydrogen (secondary N) is 14. The Hall–Kier alpha value is -13.6. The second kappa shape index (κ2) is 52.7. The molecule has 13 unspecified atom stereocenters. The average Bonchev–Trinajstić information content (AvgIpc) is 1.50. The number of rotatable bonds is 27. The number of thioether (sulfide) groups is 1. The Balaban J connectivity index is 1.21. The zero-order valence-electron chi connectivity index (χ0n) is 78.1. The Morgan fingerprint density at radius 3 is 1.74 bits per heavy atom. The number of nitrogens with zero attached hydrogens (tertiary/aromatic N) is 6. The maximum Gasteiger partial charge on any atom is 0.246 e. The number of aliphatic hydroxyl groups is 1. The van der Waals surface area contributed by atoms with E-state index in [1.165, 1.54) is 69.3 Å². The number of imidazole rings is 1. The van der Waals surface area contributed by atoms with Gasteiger partial charge in [-0.1, -0.05) is 163 Å². The summed E-state index contributed by atoms with van der Waals surface area (Å²) in [4.78, 5) is 267. The second-order valence-electron chi connectivity index (χ2n) is 34.6. The number of H-pyrrole nitrogens is 2. The molecular formula is C94H130N22O18S. The third kappa shape index (κ3) is 31.5. The van der Waals surface area contributed by atoms with Crippen molar-refractivity contribution in [3.05, 3.63) is 162 Å². The van der Waals surface area contributed by atoms with Crippen LogP contribution in [0.25, 0.3) is 10.9 Å². The third-order valence-electron chi connectivity index (χ3n) is 23.7. The zero-order chi connectivity index (χ0) is 98.7. The minimum absolute atomic E-state index is 0.000713. The molecule has 0 saturated carbocycles. The molecule has 16 amide bonds. The normalized spacial score (nSPS) is 23.2. The second-order valence-corrected chi connectivity index (χ2v) is 35.6. The van der Waals surface area contributed by atoms with E-state index in [-0.39, 0.29) is 83.2 Å². The van der Waals surface area contributed by atoms with E-state index >= 15 is 28.8 Å². The topological polar surface area (TPSA) is 579 Å². The molecule has 0 radical (unpaired) electrons. The van der Waals surface area contributed by atoms with Crippen molar-refractivity contribution in [2.24, 2.45) is 17.4 Å². The van der Waals surface area contributed by atoms with Gasteiger partial charge < -0.3 is 110 Å². The van der Waals surface area contributed by atoms with E-state index in [9.17, 15) is 57.8 Å². The Morgan fingerprint density at radius 1 is 0.563 bits per heavy atom. The lowest BCUT2D eigenvalue weighted by Crippen LogP contribution is -2.62. The number of likely N-dealkylation sites (N-methyl/N-ethyl adjacent to an activating group) is 4. The first kappa shape index (κ1) is 107. The number of primary amides is 1. The van der Waals surface area contributed by atoms with Gasteiger partial charge in [-0.25, -0.2) is 4.98 Å². The lowest BCUT2D eigenvalue weighted by molar-refractivity contribution is -0.149. The molecule has 2 aliphatic rings. The number of para-hydroxylation sites is 1. The van der Waals surface area contributed by atoms with Gasteiger partial charge in [0.1, 0.15) is 84.3 Å². The Bertz CT molecular complexity index is 5050. The quantitative estimate of drug-likeness (QED) is 0.0184. The molecule has 2 saturated heterocycles. The van der Waals surface area contributed by atoms with Crippen LogP contribution in [0.4, 0.5) is 0 Å². The van der Waals surface area contributed by atoms with Crippen molar-refractivity contribution >= 4 is 129 Å². The van der Waals surface area contributed by atoms with Crippen LogP contribution in [0.5, 0.6) is 0 Å². The Labute approximate surface area is 789 Å². The van der Waals surface area contributed by atoms with Gasteiger partial charge in [0.15, 0.2) is 5.96 Å². The summed E-state index contributed by atoms with van der Waals surface area (Å²) in [5.74, 6) is -17.5. The van der Waals surface area contributed by atoms with Gasteiger partial charge in [0.25, 0.3) is 0 Å². The van der Waals surface area contributed by atoms with Gasteiger partial charge in [0.2, 0.25) is 94.5 Å². The molecule has 135 heavy (non-hydrogen) atoms. The number of Topliss-reactive ketones (excluding diaryl/α,β-unsaturated/α-hetero) is 1. The van der Waals surface area contributed by atoms with E-state index in [2.05, 4.69) is 73.4 Å². The number of hydrogen-bond donors (Lipinski definition) is 17. The first-order valence-corrected chi connectivity index (χ1v) is 46.6. The van der Waals surface area contributed by atoms with Crippen LogP contribution in [0.1, 0.15) is 152 Å². The number of aromatic nitrogens is 3. The van der Waals surface area contributed by atoms with Gasteiger partial charge in [-0.15, -0.1) is 11.8 Å². The van der Waals surface area contributed by atoms with E-state index in [0.29, 0.717) is 64.5 Å². The molecule has 13 atom stereocenters. The Morgan fingerprint density at radius 2 is 1.13 bits per heavy atom. The number of carbonyl (C=O) groups is 17. The van der Waals surface area contributed by atoms with Crippen molar-refractivity contribution in [3.63, 3.8) is 0 Å². The van der Waals surface area contributed by atoms with Gasteiger partial charge in [0, 0.05) is 108 Å². The lowest BCUT2D eigenvalue weighted by atomic mass is 9.83. The number of ketones is 1. The number of nitrogens with two attached hydrogens (primary N) is 2. The highest BCUT2D eigenvalue weighted by molar-refractivity contribution is 8.00. The summed E-state index contributed by atoms with van der Waals surface area (Å²) in [6, 6.07) is 13.2. The van der Waals surface area contributed by atoms with Crippen LogP contribution >= 0.6 is 11.8 Å². The average molecular weight is 1890 g/mol. The molecule has 19 N–H and O–H groups in total. The molecule has 2 fully saturated rings. The number of unbranched alkanes of at least 4 members (excludes halogenated alkanes) is 2. The highest BCUT2D eigenvalue weighted by atomic mass is 32.2. The van der Waals surface area contributed by atoms with Crippen molar-refractivity contribution in [2.75, 3.05) is 72.5 Å². The van der Waals surface area contributed by atoms with Crippen molar-refractivity contribution in [3.8, 4) is 0 Å². The molecule has 0 aliphatic carbocycles. The highest BCUT2D eigenvalue weighted by Gasteiger charge is 2.45. The number of amides is 16. The zero-order valence-corrected chi connectivity index (χ0v) is 78.9. The minimum Gasteiger partial charge on any atom is -0.394 e. The van der Waals surface area contributed by atoms with Crippen molar-refractivity contribution in [2.45, 2.75) is 222 Å². The summed E-state index contributed by atoms with van der Waals surface area (Å²) in [6.45, 7) is 7.20. The van der Waals surface area contributed by atoms with Crippen LogP contribution in [-0.4, -0.2) is 302 Å². The predicted octanol–water partition coefficient (Wildman–Crippen LogP) is 0.0740. The monoisotopic (exact) mass is 1890 g/mol. The number of guanidine groups is 1. The fourth-order valence-corrected chi connectivity index (χ4v) is 17.2. The standard InChI is InChI=1S/C94H130N22O18S/c1-11-13-37-73-87(128)105-65(36-26-40-99-94(96)97)83(124)110-72(82(123)101-49-76(95)119)52-135-53-78(121)104-70(44-58-28-18-15-19-29-58)90(131)113(8)57(6)81(122)107-69(43-56(5)118)91(132)116-41-27-39-74(116)88(129)106-67(46-62-48-98-54-102-62)85(126)108-68(42-55(3)4)89(130)112(7)50-77(120)103-66(45-61-47-100-64-35-25-24-34-63(61)64)84(125)109-71(51-117)86(127)111-80(93(134)115(10)75(38-14-12-2)92(133)114(73)9)79(59-30-20-16-21-31-59)60-32-22-17-23-33-60/h15-25,28-35,47-48,54-55,57,65-75,79-80,100,117H,11-14,26-27,36-46,49-53H2,1-10H3,(H2,95,119)(H,98,102)(H,101,123)(H,103,120)(H,104,121)(H,105,128)(H,106,129)(H,107,122)(H,108,126)(H,109,125)(H,110,124)(H,111,127)(H4,96,97,99). The largest absolute Gasteiger partial charge is 0.394 e. The SMILES string of the molecule is CCCCC1C(=O)N(C)C(CCCC)C(=O)NC(CCCNC(=N)N)C(=O)NC(C(=O)NCC(N)=O)CSCC(=O)NC(Cc2ccccc2)C(=O)N(C)C(C)C(=O)NC(CC(C)=O)C(=O)N2CCCC2C(=O)NC(Cc2cnc[nH]2)C(=O)NC(CC(C)C)C(=O)N(C)CC(=O)NC(Cc2c[nH]c3ccccc23)C(=O)NC(CO)C(=O)NC(C(c2ccccc2)c2ccccc2)C(=O)N1C. The summed E-state index contributed by atoms with van der Waals surface area (Å²) < 4.78 is 0. The fraction of sp³-hybridized carbons (Fsp3) is 0.500. The molecule has 8 rings (SSSR count). The van der Waals surface area contributed by atoms with Gasteiger partial charge in [-0.2, -0.15) is 0 Å². The van der Waals surface area contributed by atoms with E-state index in [4.69, 9.17) is 16.9 Å². The highest BCUT2D eigenvalue weighted by Crippen LogP contribution is 2.32. The summed E-state index contributed by atoms with van der Waals surface area (Å²) >= 11 is 0.805. The molecule has 730 valence electrons. The molecule has 2 aliphatic heterocycles. The van der Waals surface area contributed by atoms with Crippen LogP contribution in [0.15, 0.2) is 134 Å². The molecule has 40 nitrogen and oxygen atoms in total. The Kier molecular flexibility index (Phi) is 41.7. The number of aromatic amines is 2. The number of benzene rings is 4. The maximum atomic E-state index is 16.2. The van der Waals surface area contributed by atoms with Crippen LogP contribution in [0.3, 0.4) is 0 Å². The molecule has 4 aromatic carbocycles. The van der Waals surface area contributed by atoms with Crippen LogP contribution in [-0.2, 0) is 101 Å². The maximum absolute atomic E-state index is 16.2. The first-order valence-electron chi connectivity index (χ1n) is 45.5. The summed E-state index contributed by atoms with van der Waals surface area (Å²) in [7, 11) is 5.31. The molecule has 6 aromatic rings. The number of fused-ring (bicyclic) bond motifs is 2. The summed E-state index contributed by atoms with van der Waals surface area (Å²) in [5, 5.41) is 49.4.